The summed E-state index contributed by atoms with van der Waals surface area (Å²) >= 11 is 0. The zero-order chi connectivity index (χ0) is 49.7. The summed E-state index contributed by atoms with van der Waals surface area (Å²) in [6, 6.07) is 14.7. The van der Waals surface area contributed by atoms with Crippen LogP contribution in [0.5, 0.6) is 11.5 Å². The summed E-state index contributed by atoms with van der Waals surface area (Å²) in [6.45, 7) is 17.3. The number of esters is 1. The Morgan fingerprint density at radius 2 is 1.37 bits per heavy atom. The molecule has 1 atom stereocenters. The number of rotatable bonds is 33. The number of pyridine rings is 2. The van der Waals surface area contributed by atoms with Crippen LogP contribution in [0.1, 0.15) is 101 Å². The van der Waals surface area contributed by atoms with Gasteiger partial charge in [0.1, 0.15) is 18.1 Å². The van der Waals surface area contributed by atoms with Crippen molar-refractivity contribution in [3.05, 3.63) is 86.7 Å². The highest BCUT2D eigenvalue weighted by atomic mass is 16.6. The van der Waals surface area contributed by atoms with E-state index in [-0.39, 0.29) is 36.3 Å². The van der Waals surface area contributed by atoms with Gasteiger partial charge in [-0.1, -0.05) is 34.1 Å². The summed E-state index contributed by atoms with van der Waals surface area (Å²) in [7, 11) is 0. The van der Waals surface area contributed by atoms with Crippen LogP contribution in [0, 0.1) is 5.92 Å². The van der Waals surface area contributed by atoms with Gasteiger partial charge in [-0.05, 0) is 111 Å². The lowest BCUT2D eigenvalue weighted by molar-refractivity contribution is -0.172. The van der Waals surface area contributed by atoms with Gasteiger partial charge in [-0.2, -0.15) is 5.10 Å². The highest BCUT2D eigenvalue weighted by Crippen LogP contribution is 2.40. The van der Waals surface area contributed by atoms with E-state index >= 15 is 0 Å². The molecule has 0 aliphatic carbocycles. The molecule has 6 rings (SSSR count). The van der Waals surface area contributed by atoms with Crippen molar-refractivity contribution in [2.45, 2.75) is 98.3 Å². The van der Waals surface area contributed by atoms with Gasteiger partial charge in [0, 0.05) is 29.7 Å². The Kier molecular flexibility index (Phi) is 21.6. The topological polar surface area (TPSA) is 197 Å². The minimum atomic E-state index is -1.90. The number of amides is 1. The van der Waals surface area contributed by atoms with Crippen LogP contribution in [-0.2, 0) is 67.9 Å². The van der Waals surface area contributed by atoms with Crippen LogP contribution < -0.4 is 20.5 Å². The Labute approximate surface area is 411 Å². The molecule has 4 aromatic rings. The van der Waals surface area contributed by atoms with Crippen LogP contribution in [-0.4, -0.2) is 125 Å². The number of hydrogen-bond acceptors (Lipinski definition) is 15. The maximum atomic E-state index is 13.7. The summed E-state index contributed by atoms with van der Waals surface area (Å²) in [5.41, 5.74) is 6.15. The number of carbonyl (C=O) groups excluding carboxylic acids is 2. The number of unbranched alkanes of at least 4 members (excludes halogenated alkanes) is 3. The fourth-order valence-corrected chi connectivity index (χ4v) is 8.19. The molecule has 0 spiro atoms. The number of cyclic esters (lactones) is 1. The molecule has 4 heterocycles. The number of hydrogen-bond donors (Lipinski definition) is 2. The largest absolute Gasteiger partial charge is 0.494 e. The molecule has 2 N–H and O–H groups in total. The van der Waals surface area contributed by atoms with Gasteiger partial charge in [0.15, 0.2) is 12.2 Å². The molecule has 0 bridgehead atoms. The number of nitrogens with one attached hydrogen (secondary N) is 1. The molecule has 2 aromatic heterocycles. The smallest absolute Gasteiger partial charge is 0.343 e. The third-order valence-corrected chi connectivity index (χ3v) is 12.3. The molecule has 2 aliphatic rings. The van der Waals surface area contributed by atoms with Gasteiger partial charge in [-0.3, -0.25) is 9.59 Å². The number of nitrogens with zero attached hydrogens (tertiary/aromatic N) is 3. The zero-order valence-electron chi connectivity index (χ0n) is 41.6. The first kappa shape index (κ1) is 54.1. The van der Waals surface area contributed by atoms with E-state index < -0.39 is 17.5 Å². The highest BCUT2D eigenvalue weighted by Gasteiger charge is 2.45. The average molecular weight is 973 g/mol. The summed E-state index contributed by atoms with van der Waals surface area (Å²) in [6.07, 6.45) is 5.82. The van der Waals surface area contributed by atoms with E-state index in [9.17, 15) is 19.5 Å². The quantitative estimate of drug-likeness (QED) is 0.0196. The molecule has 2 aliphatic heterocycles. The van der Waals surface area contributed by atoms with Gasteiger partial charge in [-0.15, -0.1) is 0 Å². The number of aliphatic hydroxyl groups is 1. The second-order valence-corrected chi connectivity index (χ2v) is 17.7. The highest BCUT2D eigenvalue weighted by molar-refractivity contribution is 5.99. The second kappa shape index (κ2) is 27.9. The average Bonchev–Trinajstić information content (AvgIpc) is 3.73. The van der Waals surface area contributed by atoms with Crippen molar-refractivity contribution < 1.29 is 57.3 Å². The van der Waals surface area contributed by atoms with Gasteiger partial charge in [0.05, 0.1) is 107 Å². The van der Waals surface area contributed by atoms with Crippen molar-refractivity contribution in [3.8, 4) is 22.9 Å². The van der Waals surface area contributed by atoms with Gasteiger partial charge in [-0.25, -0.2) is 15.2 Å². The van der Waals surface area contributed by atoms with Crippen LogP contribution in [0.2, 0.25) is 0 Å². The third-order valence-electron chi connectivity index (χ3n) is 12.3. The number of hydrazone groups is 1. The normalized spacial score (nSPS) is 15.2. The van der Waals surface area contributed by atoms with E-state index in [1.165, 1.54) is 0 Å². The lowest BCUT2D eigenvalue weighted by atomic mass is 9.86. The summed E-state index contributed by atoms with van der Waals surface area (Å²) < 4.78 is 52.0. The monoisotopic (exact) mass is 973 g/mol. The van der Waals surface area contributed by atoms with Crippen LogP contribution >= 0.6 is 0 Å². The molecule has 0 saturated carbocycles. The summed E-state index contributed by atoms with van der Waals surface area (Å²) in [5.74, 6) is 0.729. The van der Waals surface area contributed by atoms with E-state index in [4.69, 9.17) is 47.6 Å². The standard InChI is InChI=1S/C53H72N4O13/c1-6-42-43-32-41(16-17-47(43)54-50-44(42)34-57-48(50)33-46-45(51(57)59)35-70-52(60)53(46,61)7-2)69-36-49(58)56-55-38(5)39-12-14-40(15-13-39)68-20-11-9-8-10-19-62-22-24-64-26-28-66-30-31-67-29-27-65-25-23-63-21-18-37(3)4/h12-17,32-33,37,61H,6-11,18-31,34-36H2,1-5H3,(H,56,58)/b55-38+/t53-/m0/s1. The molecule has 17 nitrogen and oxygen atoms in total. The lowest BCUT2D eigenvalue weighted by Gasteiger charge is -2.31. The van der Waals surface area contributed by atoms with E-state index in [1.54, 1.807) is 23.6 Å². The van der Waals surface area contributed by atoms with Crippen molar-refractivity contribution >= 4 is 28.5 Å². The van der Waals surface area contributed by atoms with E-state index in [0.717, 1.165) is 66.5 Å². The minimum Gasteiger partial charge on any atom is -0.494 e. The second-order valence-electron chi connectivity index (χ2n) is 17.7. The fraction of sp³-hybridized carbons (Fsp3) is 0.566. The molecule has 1 amide bonds. The van der Waals surface area contributed by atoms with Crippen molar-refractivity contribution in [1.82, 2.24) is 15.0 Å². The number of benzene rings is 2. The first-order valence-electron chi connectivity index (χ1n) is 24.8. The number of ether oxygens (including phenoxy) is 9. The van der Waals surface area contributed by atoms with E-state index in [1.807, 2.05) is 50.2 Å². The molecule has 2 aromatic carbocycles. The number of fused-ring (bicyclic) bond motifs is 5. The molecule has 0 unspecified atom stereocenters. The maximum Gasteiger partial charge on any atom is 0.343 e. The Morgan fingerprint density at radius 3 is 1.99 bits per heavy atom. The van der Waals surface area contributed by atoms with Crippen molar-refractivity contribution in [1.29, 1.82) is 0 Å². The third kappa shape index (κ3) is 15.1. The fourth-order valence-electron chi connectivity index (χ4n) is 8.19. The van der Waals surface area contributed by atoms with Crippen molar-refractivity contribution in [2.75, 3.05) is 92.5 Å². The van der Waals surface area contributed by atoms with Gasteiger partial charge < -0.3 is 52.3 Å². The van der Waals surface area contributed by atoms with Crippen molar-refractivity contribution in [2.24, 2.45) is 11.0 Å². The van der Waals surface area contributed by atoms with E-state index in [2.05, 4.69) is 24.4 Å². The summed E-state index contributed by atoms with van der Waals surface area (Å²) in [4.78, 5) is 44.0. The molecule has 0 fully saturated rings. The van der Waals surface area contributed by atoms with Crippen molar-refractivity contribution in [3.63, 3.8) is 0 Å². The van der Waals surface area contributed by atoms with Crippen LogP contribution in [0.15, 0.2) is 58.4 Å². The maximum absolute atomic E-state index is 13.7. The first-order valence-corrected chi connectivity index (χ1v) is 24.8. The predicted molar refractivity (Wildman–Crippen MR) is 265 cm³/mol. The van der Waals surface area contributed by atoms with Gasteiger partial charge >= 0.3 is 5.97 Å². The van der Waals surface area contributed by atoms with Crippen LogP contribution in [0.25, 0.3) is 22.3 Å². The molecule has 0 saturated heterocycles. The number of aryl methyl sites for hydroxylation is 1. The first-order chi connectivity index (χ1) is 34.0. The van der Waals surface area contributed by atoms with Crippen LogP contribution in [0.4, 0.5) is 0 Å². The molecular weight excluding hydrogens is 901 g/mol. The molecule has 0 radical (unpaired) electrons. The molecular formula is C53H72N4O13. The SMILES string of the molecule is CCc1c2c(nc3ccc(OCC(=O)N/N=C(\C)c4ccc(OCCCCCCOCCOCCOCCOCCOCCOCCC(C)C)cc4)cc13)-c1cc3c(c(=O)n1C2)COC(=O)[C@]3(O)CC. The Bertz CT molecular complexity index is 2400. The van der Waals surface area contributed by atoms with E-state index in [0.29, 0.717) is 127 Å². The molecule has 70 heavy (non-hydrogen) atoms. The molecule has 382 valence electrons. The number of aromatic nitrogens is 2. The van der Waals surface area contributed by atoms with Gasteiger partial charge in [0.25, 0.3) is 11.5 Å². The molecule has 17 heteroatoms. The Morgan fingerprint density at radius 1 is 0.771 bits per heavy atom. The van der Waals surface area contributed by atoms with Gasteiger partial charge in [0.2, 0.25) is 0 Å². The zero-order valence-corrected chi connectivity index (χ0v) is 41.6. The number of carbonyl (C=O) groups is 2. The predicted octanol–water partition coefficient (Wildman–Crippen LogP) is 6.65. The van der Waals surface area contributed by atoms with Crippen LogP contribution in [0.3, 0.4) is 0 Å². The summed E-state index contributed by atoms with van der Waals surface area (Å²) in [5, 5.41) is 16.3. The Balaban J connectivity index is 0.802. The lowest BCUT2D eigenvalue weighted by Crippen LogP contribution is -2.44. The Hall–Kier alpha value is -5.27. The minimum absolute atomic E-state index is 0.0698.